The summed E-state index contributed by atoms with van der Waals surface area (Å²) in [5.74, 6) is -0.496. The van der Waals surface area contributed by atoms with Crippen LogP contribution in [0, 0.1) is 12.3 Å². The van der Waals surface area contributed by atoms with Crippen LogP contribution in [0.5, 0.6) is 0 Å². The van der Waals surface area contributed by atoms with E-state index < -0.39 is 0 Å². The zero-order chi connectivity index (χ0) is 19.3. The van der Waals surface area contributed by atoms with Crippen molar-refractivity contribution in [2.45, 2.75) is 52.9 Å². The summed E-state index contributed by atoms with van der Waals surface area (Å²) in [7, 11) is 0. The van der Waals surface area contributed by atoms with Crippen molar-refractivity contribution in [1.29, 1.82) is 0 Å². The molecule has 0 unspecified atom stereocenters. The van der Waals surface area contributed by atoms with Gasteiger partial charge < -0.3 is 5.32 Å². The van der Waals surface area contributed by atoms with Crippen LogP contribution in [0.2, 0.25) is 5.02 Å². The molecule has 0 saturated heterocycles. The summed E-state index contributed by atoms with van der Waals surface area (Å²) in [5.41, 5.74) is 4.41. The first kappa shape index (κ1) is 20.1. The Hall–Kier alpha value is -2.21. The highest BCUT2D eigenvalue weighted by molar-refractivity contribution is 6.31. The van der Waals surface area contributed by atoms with Crippen molar-refractivity contribution in [2.75, 3.05) is 5.32 Å². The van der Waals surface area contributed by atoms with E-state index in [0.29, 0.717) is 29.3 Å². The molecule has 0 heterocycles. The van der Waals surface area contributed by atoms with Gasteiger partial charge in [-0.15, -0.1) is 0 Å². The number of halogens is 1. The van der Waals surface area contributed by atoms with Crippen molar-refractivity contribution in [2.24, 2.45) is 10.5 Å². The summed E-state index contributed by atoms with van der Waals surface area (Å²) in [5, 5.41) is 7.38. The molecule has 0 bridgehead atoms. The van der Waals surface area contributed by atoms with E-state index in [-0.39, 0.29) is 42.3 Å². The number of anilines is 1. The zero-order valence-corrected chi connectivity index (χ0v) is 16.1. The maximum absolute atomic E-state index is 12.0. The molecular formula is C19H24ClN3O3. The number of Topliss-reactive ketones (excluding diaryl/α,β-unsaturated/α-hetero) is 1. The number of carbonyl (C=O) groups excluding carboxylic acids is 3. The number of rotatable bonds is 5. The van der Waals surface area contributed by atoms with E-state index in [4.69, 9.17) is 11.6 Å². The highest BCUT2D eigenvalue weighted by Crippen LogP contribution is 2.31. The summed E-state index contributed by atoms with van der Waals surface area (Å²) >= 11 is 6.02. The molecule has 6 nitrogen and oxygen atoms in total. The molecule has 0 aliphatic heterocycles. The van der Waals surface area contributed by atoms with E-state index >= 15 is 0 Å². The number of hydrogen-bond acceptors (Lipinski definition) is 4. The minimum absolute atomic E-state index is 0.0135. The third kappa shape index (κ3) is 5.95. The van der Waals surface area contributed by atoms with Crippen LogP contribution in [-0.4, -0.2) is 23.3 Å². The molecule has 0 atom stereocenters. The summed E-state index contributed by atoms with van der Waals surface area (Å²) in [6.45, 7) is 5.82. The maximum atomic E-state index is 12.0. The van der Waals surface area contributed by atoms with E-state index in [1.165, 1.54) is 0 Å². The number of benzene rings is 1. The lowest BCUT2D eigenvalue weighted by atomic mass is 9.76. The van der Waals surface area contributed by atoms with Gasteiger partial charge in [0, 0.05) is 42.1 Å². The van der Waals surface area contributed by atoms with E-state index in [0.717, 1.165) is 5.56 Å². The van der Waals surface area contributed by atoms with Gasteiger partial charge >= 0.3 is 0 Å². The van der Waals surface area contributed by atoms with E-state index in [1.54, 1.807) is 18.2 Å². The molecule has 140 valence electrons. The Labute approximate surface area is 158 Å². The van der Waals surface area contributed by atoms with Gasteiger partial charge in [0.15, 0.2) is 0 Å². The molecule has 1 aromatic carbocycles. The largest absolute Gasteiger partial charge is 0.326 e. The Kier molecular flexibility index (Phi) is 6.53. The molecule has 1 aliphatic carbocycles. The Bertz CT molecular complexity index is 756. The fraction of sp³-hybridized carbons (Fsp3) is 0.474. The van der Waals surface area contributed by atoms with Crippen LogP contribution < -0.4 is 10.7 Å². The van der Waals surface area contributed by atoms with Gasteiger partial charge in [-0.2, -0.15) is 5.10 Å². The molecule has 2 rings (SSSR count). The van der Waals surface area contributed by atoms with Crippen molar-refractivity contribution < 1.29 is 14.4 Å². The molecule has 2 amide bonds. The fourth-order valence-electron chi connectivity index (χ4n) is 2.96. The van der Waals surface area contributed by atoms with Crippen molar-refractivity contribution in [3.63, 3.8) is 0 Å². The molecule has 2 N–H and O–H groups in total. The first-order valence-electron chi connectivity index (χ1n) is 8.57. The second-order valence-corrected chi connectivity index (χ2v) is 7.81. The van der Waals surface area contributed by atoms with Gasteiger partial charge in [0.1, 0.15) is 5.78 Å². The Morgan fingerprint density at radius 2 is 1.88 bits per heavy atom. The highest BCUT2D eigenvalue weighted by atomic mass is 35.5. The lowest BCUT2D eigenvalue weighted by Gasteiger charge is -2.28. The van der Waals surface area contributed by atoms with Crippen LogP contribution in [0.4, 0.5) is 5.69 Å². The summed E-state index contributed by atoms with van der Waals surface area (Å²) in [4.78, 5) is 35.6. The van der Waals surface area contributed by atoms with E-state index in [1.807, 2.05) is 20.8 Å². The molecular weight excluding hydrogens is 354 g/mol. The summed E-state index contributed by atoms with van der Waals surface area (Å²) in [6, 6.07) is 5.25. The number of ketones is 1. The maximum Gasteiger partial charge on any atom is 0.240 e. The molecule has 1 aliphatic rings. The van der Waals surface area contributed by atoms with Gasteiger partial charge in [0.05, 0.1) is 0 Å². The SMILES string of the molecule is Cc1c(Cl)cccc1NC(=O)CCC(=O)N/N=C1/CC(=O)CC(C)(C)C1. The molecule has 0 spiro atoms. The van der Waals surface area contributed by atoms with Gasteiger partial charge in [0.25, 0.3) is 0 Å². The van der Waals surface area contributed by atoms with Crippen LogP contribution >= 0.6 is 11.6 Å². The Morgan fingerprint density at radius 1 is 1.19 bits per heavy atom. The number of hydrogen-bond donors (Lipinski definition) is 2. The second kappa shape index (κ2) is 8.45. The Balaban J connectivity index is 1.81. The third-order valence-corrected chi connectivity index (χ3v) is 4.63. The van der Waals surface area contributed by atoms with Crippen LogP contribution in [0.3, 0.4) is 0 Å². The number of hydrazone groups is 1. The summed E-state index contributed by atoms with van der Waals surface area (Å²) < 4.78 is 0. The van der Waals surface area contributed by atoms with Gasteiger partial charge in [0.2, 0.25) is 11.8 Å². The number of carbonyl (C=O) groups is 3. The quantitative estimate of drug-likeness (QED) is 0.768. The first-order chi connectivity index (χ1) is 12.2. The normalized spacial score (nSPS) is 17.8. The van der Waals surface area contributed by atoms with Crippen LogP contribution in [0.15, 0.2) is 23.3 Å². The van der Waals surface area contributed by atoms with Crippen LogP contribution in [-0.2, 0) is 14.4 Å². The lowest BCUT2D eigenvalue weighted by Crippen LogP contribution is -2.31. The molecule has 1 aromatic rings. The average molecular weight is 378 g/mol. The minimum atomic E-state index is -0.355. The minimum Gasteiger partial charge on any atom is -0.326 e. The molecule has 0 radical (unpaired) electrons. The zero-order valence-electron chi connectivity index (χ0n) is 15.3. The van der Waals surface area contributed by atoms with E-state index in [9.17, 15) is 14.4 Å². The fourth-order valence-corrected chi connectivity index (χ4v) is 3.13. The first-order valence-corrected chi connectivity index (χ1v) is 8.95. The number of nitrogens with zero attached hydrogens (tertiary/aromatic N) is 1. The second-order valence-electron chi connectivity index (χ2n) is 7.41. The van der Waals surface area contributed by atoms with E-state index in [2.05, 4.69) is 15.8 Å². The molecule has 7 heteroatoms. The van der Waals surface area contributed by atoms with Gasteiger partial charge in [-0.25, -0.2) is 5.43 Å². The van der Waals surface area contributed by atoms with Crippen molar-refractivity contribution in [3.05, 3.63) is 28.8 Å². The van der Waals surface area contributed by atoms with Crippen molar-refractivity contribution >= 4 is 40.6 Å². The predicted octanol–water partition coefficient (Wildman–Crippen LogP) is 3.62. The topological polar surface area (TPSA) is 87.6 Å². The third-order valence-electron chi connectivity index (χ3n) is 4.22. The molecule has 0 aromatic heterocycles. The number of amides is 2. The van der Waals surface area contributed by atoms with Crippen molar-refractivity contribution in [1.82, 2.24) is 5.43 Å². The smallest absolute Gasteiger partial charge is 0.240 e. The van der Waals surface area contributed by atoms with Crippen molar-refractivity contribution in [3.8, 4) is 0 Å². The van der Waals surface area contributed by atoms with Crippen LogP contribution in [0.1, 0.15) is 51.5 Å². The monoisotopic (exact) mass is 377 g/mol. The Morgan fingerprint density at radius 3 is 2.58 bits per heavy atom. The predicted molar refractivity (Wildman–Crippen MR) is 102 cm³/mol. The molecule has 26 heavy (non-hydrogen) atoms. The lowest BCUT2D eigenvalue weighted by molar-refractivity contribution is -0.124. The van der Waals surface area contributed by atoms with Gasteiger partial charge in [-0.1, -0.05) is 31.5 Å². The van der Waals surface area contributed by atoms with Crippen LogP contribution in [0.25, 0.3) is 0 Å². The standard InChI is InChI=1S/C19H24ClN3O3/c1-12-15(20)5-4-6-16(12)21-17(25)7-8-18(26)23-22-13-9-14(24)11-19(2,3)10-13/h4-6H,7-11H2,1-3H3,(H,21,25)(H,23,26)/b22-13-. The van der Waals surface area contributed by atoms with Gasteiger partial charge in [-0.05, 0) is 36.5 Å². The molecule has 1 saturated carbocycles. The number of nitrogens with one attached hydrogen (secondary N) is 2. The highest BCUT2D eigenvalue weighted by Gasteiger charge is 2.30. The summed E-state index contributed by atoms with van der Waals surface area (Å²) in [6.07, 6.45) is 1.53. The van der Waals surface area contributed by atoms with Gasteiger partial charge in [-0.3, -0.25) is 14.4 Å². The molecule has 1 fully saturated rings. The average Bonchev–Trinajstić information content (AvgIpc) is 2.53.